The standard InChI is InChI=1S/C56H32N4S/c1-3-12-39-33(10-1)20-21-35-22-26-38(32-45(35)39)59-49-29-25-36(30-46(49)43-28-23-34-11-2-4-13-40(34)55(43)59)37-24-27-42-41-14-5-7-17-48(41)60(50(42)31-37)56-57-47-16-9-19-52-53(47)54(58-56)44-15-6-8-18-51(44)61-52/h1-32H. The van der Waals surface area contributed by atoms with E-state index in [-0.39, 0.29) is 0 Å². The lowest BCUT2D eigenvalue weighted by Crippen LogP contribution is -2.05. The summed E-state index contributed by atoms with van der Waals surface area (Å²) in [5.74, 6) is 0.679. The molecule has 0 N–H and O–H groups in total. The van der Waals surface area contributed by atoms with Gasteiger partial charge in [0.05, 0.1) is 33.3 Å². The first kappa shape index (κ1) is 33.1. The van der Waals surface area contributed by atoms with E-state index in [4.69, 9.17) is 9.97 Å². The van der Waals surface area contributed by atoms with Crippen LogP contribution < -0.4 is 0 Å². The van der Waals surface area contributed by atoms with Crippen LogP contribution in [0.3, 0.4) is 0 Å². The Balaban J connectivity index is 1.00. The van der Waals surface area contributed by atoms with Crippen molar-refractivity contribution < 1.29 is 0 Å². The average Bonchev–Trinajstić information content (AvgIpc) is 3.84. The van der Waals surface area contributed by atoms with Gasteiger partial charge in [0.2, 0.25) is 5.95 Å². The van der Waals surface area contributed by atoms with Gasteiger partial charge in [-0.05, 0) is 92.7 Å². The summed E-state index contributed by atoms with van der Waals surface area (Å²) >= 11 is 1.80. The van der Waals surface area contributed by atoms with Crippen molar-refractivity contribution in [1.29, 1.82) is 0 Å². The maximum absolute atomic E-state index is 5.42. The van der Waals surface area contributed by atoms with Crippen LogP contribution in [-0.4, -0.2) is 19.1 Å². The minimum absolute atomic E-state index is 0.679. The lowest BCUT2D eigenvalue weighted by Gasteiger charge is -2.20. The average molecular weight is 793 g/mol. The van der Waals surface area contributed by atoms with Crippen LogP contribution in [0.2, 0.25) is 0 Å². The SMILES string of the molecule is c1ccc2c(c1)Sc1cccc3nc(-n4c5ccccc5c5ccc(-c6ccc7c(c6)c6ccc8ccccc8c6n7-c6ccc7ccc8ccccc8c7c6)cc54)nc-2c13. The van der Waals surface area contributed by atoms with Gasteiger partial charge in [0.25, 0.3) is 0 Å². The Kier molecular flexibility index (Phi) is 6.74. The first-order valence-corrected chi connectivity index (χ1v) is 21.5. The molecular weight excluding hydrogens is 761 g/mol. The lowest BCUT2D eigenvalue weighted by atomic mass is 10.0. The Bertz CT molecular complexity index is 4040. The summed E-state index contributed by atoms with van der Waals surface area (Å²) in [5.41, 5.74) is 11.1. The van der Waals surface area contributed by atoms with Crippen molar-refractivity contribution in [3.05, 3.63) is 194 Å². The maximum atomic E-state index is 5.42. The van der Waals surface area contributed by atoms with E-state index < -0.39 is 0 Å². The van der Waals surface area contributed by atoms with Crippen molar-refractivity contribution in [1.82, 2.24) is 19.1 Å². The Hall–Kier alpha value is -7.73. The lowest BCUT2D eigenvalue weighted by molar-refractivity contribution is 1.01. The summed E-state index contributed by atoms with van der Waals surface area (Å²) in [6.07, 6.45) is 0. The van der Waals surface area contributed by atoms with Gasteiger partial charge in [-0.25, -0.2) is 9.97 Å². The summed E-state index contributed by atoms with van der Waals surface area (Å²) < 4.78 is 4.74. The van der Waals surface area contributed by atoms with Crippen LogP contribution in [0.1, 0.15) is 0 Å². The maximum Gasteiger partial charge on any atom is 0.235 e. The zero-order valence-corrected chi connectivity index (χ0v) is 33.5. The smallest absolute Gasteiger partial charge is 0.235 e. The van der Waals surface area contributed by atoms with Crippen LogP contribution in [0.5, 0.6) is 0 Å². The molecule has 3 aromatic heterocycles. The highest BCUT2D eigenvalue weighted by molar-refractivity contribution is 7.99. The van der Waals surface area contributed by atoms with Crippen LogP contribution in [0.15, 0.2) is 204 Å². The van der Waals surface area contributed by atoms with Crippen LogP contribution >= 0.6 is 11.8 Å². The fourth-order valence-electron chi connectivity index (χ4n) is 10.1. The minimum Gasteiger partial charge on any atom is -0.309 e. The number of para-hydroxylation sites is 1. The largest absolute Gasteiger partial charge is 0.309 e. The number of nitrogens with zero attached hydrogens (tertiary/aromatic N) is 4. The predicted molar refractivity (Wildman–Crippen MR) is 256 cm³/mol. The third kappa shape index (κ3) is 4.72. The molecule has 0 bridgehead atoms. The molecule has 282 valence electrons. The molecule has 5 heteroatoms. The molecule has 61 heavy (non-hydrogen) atoms. The van der Waals surface area contributed by atoms with E-state index in [2.05, 4.69) is 203 Å². The molecule has 0 saturated carbocycles. The van der Waals surface area contributed by atoms with Gasteiger partial charge in [0.1, 0.15) is 0 Å². The number of rotatable bonds is 3. The Morgan fingerprint density at radius 3 is 1.95 bits per heavy atom. The normalized spacial score (nSPS) is 12.5. The van der Waals surface area contributed by atoms with E-state index in [9.17, 15) is 0 Å². The van der Waals surface area contributed by atoms with Crippen LogP contribution in [0, 0.1) is 0 Å². The molecule has 13 aromatic rings. The Morgan fingerprint density at radius 1 is 0.377 bits per heavy atom. The summed E-state index contributed by atoms with van der Waals surface area (Å²) in [4.78, 5) is 13.1. The van der Waals surface area contributed by atoms with E-state index in [1.807, 2.05) is 0 Å². The number of fused-ring (bicyclic) bond motifs is 13. The van der Waals surface area contributed by atoms with Crippen molar-refractivity contribution in [2.24, 2.45) is 0 Å². The molecule has 1 aliphatic heterocycles. The van der Waals surface area contributed by atoms with Gasteiger partial charge < -0.3 is 4.57 Å². The van der Waals surface area contributed by atoms with Gasteiger partial charge in [-0.1, -0.05) is 151 Å². The molecular formula is C56H32N4S. The molecule has 0 spiro atoms. The molecule has 1 aliphatic rings. The van der Waals surface area contributed by atoms with Crippen LogP contribution in [0.25, 0.3) is 121 Å². The second kappa shape index (κ2) is 12.4. The van der Waals surface area contributed by atoms with Crippen LogP contribution in [0.4, 0.5) is 0 Å². The monoisotopic (exact) mass is 792 g/mol. The van der Waals surface area contributed by atoms with Crippen molar-refractivity contribution in [3.63, 3.8) is 0 Å². The highest BCUT2D eigenvalue weighted by Crippen LogP contribution is 2.47. The third-order valence-corrected chi connectivity index (χ3v) is 14.0. The van der Waals surface area contributed by atoms with Gasteiger partial charge in [-0.3, -0.25) is 4.57 Å². The topological polar surface area (TPSA) is 35.6 Å². The summed E-state index contributed by atoms with van der Waals surface area (Å²) in [6, 6.07) is 70.9. The highest BCUT2D eigenvalue weighted by Gasteiger charge is 2.24. The molecule has 0 saturated heterocycles. The molecule has 4 nitrogen and oxygen atoms in total. The number of benzene rings is 10. The van der Waals surface area contributed by atoms with Gasteiger partial charge in [0, 0.05) is 53.4 Å². The van der Waals surface area contributed by atoms with Crippen molar-refractivity contribution in [2.75, 3.05) is 0 Å². The summed E-state index contributed by atoms with van der Waals surface area (Å²) in [7, 11) is 0. The van der Waals surface area contributed by atoms with Gasteiger partial charge in [-0.2, -0.15) is 0 Å². The van der Waals surface area contributed by atoms with Gasteiger partial charge in [0.15, 0.2) is 0 Å². The first-order valence-electron chi connectivity index (χ1n) is 20.7. The third-order valence-electron chi connectivity index (χ3n) is 12.9. The molecule has 0 aliphatic carbocycles. The molecule has 0 amide bonds. The summed E-state index contributed by atoms with van der Waals surface area (Å²) in [6.45, 7) is 0. The Labute approximate surface area is 354 Å². The van der Waals surface area contributed by atoms with E-state index >= 15 is 0 Å². The molecule has 14 rings (SSSR count). The van der Waals surface area contributed by atoms with Crippen molar-refractivity contribution in [2.45, 2.75) is 9.79 Å². The van der Waals surface area contributed by atoms with E-state index in [1.165, 1.54) is 74.7 Å². The van der Waals surface area contributed by atoms with E-state index in [1.54, 1.807) is 11.8 Å². The Morgan fingerprint density at radius 2 is 1.03 bits per heavy atom. The first-order chi connectivity index (χ1) is 30.2. The van der Waals surface area contributed by atoms with E-state index in [0.29, 0.717) is 5.95 Å². The predicted octanol–water partition coefficient (Wildman–Crippen LogP) is 15.1. The molecule has 0 unspecified atom stereocenters. The zero-order valence-electron chi connectivity index (χ0n) is 32.7. The minimum atomic E-state index is 0.679. The molecule has 0 fully saturated rings. The molecule has 10 aromatic carbocycles. The number of hydrogen-bond acceptors (Lipinski definition) is 3. The van der Waals surface area contributed by atoms with Gasteiger partial charge in [-0.15, -0.1) is 0 Å². The van der Waals surface area contributed by atoms with Crippen molar-refractivity contribution >= 4 is 98.6 Å². The van der Waals surface area contributed by atoms with Crippen LogP contribution in [-0.2, 0) is 0 Å². The quantitative estimate of drug-likeness (QED) is 0.167. The second-order valence-electron chi connectivity index (χ2n) is 16.1. The molecule has 0 radical (unpaired) electrons. The highest BCUT2D eigenvalue weighted by atomic mass is 32.2. The number of aromatic nitrogens is 4. The molecule has 0 atom stereocenters. The van der Waals surface area contributed by atoms with Crippen molar-refractivity contribution in [3.8, 4) is 34.0 Å². The van der Waals surface area contributed by atoms with Gasteiger partial charge >= 0.3 is 0 Å². The summed E-state index contributed by atoms with van der Waals surface area (Å²) in [5, 5.41) is 13.4. The second-order valence-corrected chi connectivity index (χ2v) is 17.2. The molecule has 4 heterocycles. The fourth-order valence-corrected chi connectivity index (χ4v) is 11.2. The fraction of sp³-hybridized carbons (Fsp3) is 0. The van der Waals surface area contributed by atoms with E-state index in [0.717, 1.165) is 50.0 Å². The number of hydrogen-bond donors (Lipinski definition) is 0. The zero-order chi connectivity index (χ0) is 39.8.